The van der Waals surface area contributed by atoms with Crippen LogP contribution >= 0.6 is 0 Å². The van der Waals surface area contributed by atoms with E-state index in [1.54, 1.807) is 0 Å². The molecule has 1 aliphatic heterocycles. The van der Waals surface area contributed by atoms with Crippen LogP contribution in [0.1, 0.15) is 65.7 Å². The first-order valence-electron chi connectivity index (χ1n) is 9.91. The fourth-order valence-electron chi connectivity index (χ4n) is 3.72. The number of nitrogens with one attached hydrogen (secondary N) is 2. The molecular weight excluding hydrogens is 314 g/mol. The summed E-state index contributed by atoms with van der Waals surface area (Å²) in [7, 11) is 0. The van der Waals surface area contributed by atoms with Crippen molar-refractivity contribution < 1.29 is 4.79 Å². The van der Waals surface area contributed by atoms with Crippen molar-refractivity contribution in [3.05, 3.63) is 0 Å². The molecule has 0 aromatic heterocycles. The van der Waals surface area contributed by atoms with E-state index in [1.807, 2.05) is 20.8 Å². The van der Waals surface area contributed by atoms with Crippen LogP contribution in [0.25, 0.3) is 0 Å². The molecule has 2 rings (SSSR count). The van der Waals surface area contributed by atoms with Gasteiger partial charge in [-0.15, -0.1) is 0 Å². The van der Waals surface area contributed by atoms with E-state index in [1.165, 1.54) is 32.1 Å². The van der Waals surface area contributed by atoms with Crippen molar-refractivity contribution in [2.24, 2.45) is 16.6 Å². The molecule has 0 bridgehead atoms. The van der Waals surface area contributed by atoms with Gasteiger partial charge in [0.2, 0.25) is 5.91 Å². The minimum absolute atomic E-state index is 0.116. The van der Waals surface area contributed by atoms with Gasteiger partial charge in [-0.05, 0) is 65.5 Å². The first-order valence-corrected chi connectivity index (χ1v) is 9.91. The van der Waals surface area contributed by atoms with Gasteiger partial charge in [-0.2, -0.15) is 0 Å². The van der Waals surface area contributed by atoms with E-state index in [4.69, 9.17) is 5.73 Å². The minimum Gasteiger partial charge on any atom is -0.370 e. The van der Waals surface area contributed by atoms with E-state index in [2.05, 4.69) is 20.5 Å². The van der Waals surface area contributed by atoms with E-state index >= 15 is 0 Å². The van der Waals surface area contributed by atoms with Gasteiger partial charge in [0.15, 0.2) is 5.96 Å². The predicted molar refractivity (Wildman–Crippen MR) is 104 cm³/mol. The molecule has 1 heterocycles. The van der Waals surface area contributed by atoms with Crippen LogP contribution in [0.3, 0.4) is 0 Å². The van der Waals surface area contributed by atoms with Crippen molar-refractivity contribution in [1.29, 1.82) is 0 Å². The third-order valence-corrected chi connectivity index (χ3v) is 5.07. The molecule has 1 saturated heterocycles. The summed E-state index contributed by atoms with van der Waals surface area (Å²) in [5.41, 5.74) is 5.89. The number of likely N-dealkylation sites (tertiary alicyclic amines) is 1. The van der Waals surface area contributed by atoms with Gasteiger partial charge in [-0.1, -0.05) is 19.3 Å². The summed E-state index contributed by atoms with van der Waals surface area (Å²) in [6, 6.07) is 0.515. The fraction of sp³-hybridized carbons (Fsp3) is 0.895. The smallest absolute Gasteiger partial charge is 0.234 e. The van der Waals surface area contributed by atoms with E-state index in [9.17, 15) is 4.79 Å². The minimum atomic E-state index is -0.160. The third-order valence-electron chi connectivity index (χ3n) is 5.07. The number of nitrogens with two attached hydrogens (primary N) is 1. The number of carbonyl (C=O) groups excluding carboxylic acids is 1. The maximum absolute atomic E-state index is 12.0. The zero-order valence-corrected chi connectivity index (χ0v) is 16.3. The van der Waals surface area contributed by atoms with Crippen LogP contribution in [-0.2, 0) is 4.79 Å². The quantitative estimate of drug-likeness (QED) is 0.521. The van der Waals surface area contributed by atoms with Crippen molar-refractivity contribution in [2.75, 3.05) is 26.2 Å². The highest BCUT2D eigenvalue weighted by Crippen LogP contribution is 2.18. The van der Waals surface area contributed by atoms with Crippen molar-refractivity contribution >= 4 is 11.9 Å². The van der Waals surface area contributed by atoms with Crippen LogP contribution in [0.4, 0.5) is 0 Å². The van der Waals surface area contributed by atoms with Gasteiger partial charge in [-0.25, -0.2) is 0 Å². The molecule has 0 unspecified atom stereocenters. The third kappa shape index (κ3) is 8.08. The number of piperidine rings is 1. The summed E-state index contributed by atoms with van der Waals surface area (Å²) in [4.78, 5) is 18.8. The van der Waals surface area contributed by atoms with Gasteiger partial charge < -0.3 is 16.4 Å². The van der Waals surface area contributed by atoms with Gasteiger partial charge in [0.1, 0.15) is 0 Å². The van der Waals surface area contributed by atoms with E-state index in [0.717, 1.165) is 32.5 Å². The Morgan fingerprint density at radius 2 is 1.76 bits per heavy atom. The lowest BCUT2D eigenvalue weighted by molar-refractivity contribution is -0.124. The van der Waals surface area contributed by atoms with E-state index < -0.39 is 0 Å². The lowest BCUT2D eigenvalue weighted by Gasteiger charge is -2.32. The molecule has 4 N–H and O–H groups in total. The number of rotatable bonds is 5. The molecule has 0 aromatic carbocycles. The average Bonchev–Trinajstić information content (AvgIpc) is 2.53. The van der Waals surface area contributed by atoms with Gasteiger partial charge >= 0.3 is 0 Å². The molecule has 1 aliphatic carbocycles. The molecule has 2 aliphatic rings. The molecule has 1 saturated carbocycles. The molecule has 0 radical (unpaired) electrons. The second kappa shape index (κ2) is 9.41. The summed E-state index contributed by atoms with van der Waals surface area (Å²) in [5.74, 6) is 1.30. The largest absolute Gasteiger partial charge is 0.370 e. The number of hydrogen-bond donors (Lipinski definition) is 3. The first-order chi connectivity index (χ1) is 11.8. The normalized spacial score (nSPS) is 22.0. The SMILES string of the molecule is CC(C)(C)NC(=O)CN1CCC(CN=C(N)NC2CCCCC2)CC1. The summed E-state index contributed by atoms with van der Waals surface area (Å²) in [6.07, 6.45) is 8.54. The van der Waals surface area contributed by atoms with Gasteiger partial charge in [0, 0.05) is 18.1 Å². The Bertz CT molecular complexity index is 443. The summed E-state index contributed by atoms with van der Waals surface area (Å²) >= 11 is 0. The van der Waals surface area contributed by atoms with Crippen molar-refractivity contribution in [3.8, 4) is 0 Å². The van der Waals surface area contributed by atoms with Gasteiger partial charge in [-0.3, -0.25) is 14.7 Å². The molecule has 0 atom stereocenters. The Kier molecular flexibility index (Phi) is 7.54. The molecule has 0 aromatic rings. The lowest BCUT2D eigenvalue weighted by atomic mass is 9.95. The van der Waals surface area contributed by atoms with Gasteiger partial charge in [0.05, 0.1) is 6.54 Å². The number of guanidine groups is 1. The molecule has 1 amide bonds. The molecule has 6 nitrogen and oxygen atoms in total. The van der Waals surface area contributed by atoms with E-state index in [-0.39, 0.29) is 11.4 Å². The number of carbonyl (C=O) groups is 1. The Morgan fingerprint density at radius 1 is 1.12 bits per heavy atom. The molecule has 2 fully saturated rings. The molecule has 6 heteroatoms. The van der Waals surface area contributed by atoms with Gasteiger partial charge in [0.25, 0.3) is 0 Å². The van der Waals surface area contributed by atoms with E-state index in [0.29, 0.717) is 24.5 Å². The molecule has 0 spiro atoms. The Morgan fingerprint density at radius 3 is 2.36 bits per heavy atom. The summed E-state index contributed by atoms with van der Waals surface area (Å²) in [6.45, 7) is 9.27. The zero-order valence-electron chi connectivity index (χ0n) is 16.3. The molecule has 144 valence electrons. The lowest BCUT2D eigenvalue weighted by Crippen LogP contribution is -2.47. The van der Waals surface area contributed by atoms with Crippen molar-refractivity contribution in [1.82, 2.24) is 15.5 Å². The number of nitrogens with zero attached hydrogens (tertiary/aromatic N) is 2. The van der Waals surface area contributed by atoms with Crippen LogP contribution in [0.5, 0.6) is 0 Å². The van der Waals surface area contributed by atoms with Crippen molar-refractivity contribution in [2.45, 2.75) is 77.3 Å². The highest BCUT2D eigenvalue weighted by molar-refractivity contribution is 5.79. The number of amides is 1. The van der Waals surface area contributed by atoms with Crippen LogP contribution < -0.4 is 16.4 Å². The maximum Gasteiger partial charge on any atom is 0.234 e. The Labute approximate surface area is 153 Å². The second-order valence-electron chi connectivity index (χ2n) is 8.72. The first kappa shape index (κ1) is 20.0. The highest BCUT2D eigenvalue weighted by atomic mass is 16.2. The van der Waals surface area contributed by atoms with Crippen LogP contribution in [0.15, 0.2) is 4.99 Å². The van der Waals surface area contributed by atoms with Crippen LogP contribution in [-0.4, -0.2) is 54.5 Å². The molecule has 25 heavy (non-hydrogen) atoms. The monoisotopic (exact) mass is 351 g/mol. The standard InChI is InChI=1S/C19H37N5O/c1-19(2,3)23-17(25)14-24-11-9-15(10-12-24)13-21-18(20)22-16-7-5-4-6-8-16/h15-16H,4-14H2,1-3H3,(H,23,25)(H3,20,21,22). The topological polar surface area (TPSA) is 82.8 Å². The average molecular weight is 352 g/mol. The van der Waals surface area contributed by atoms with Crippen molar-refractivity contribution in [3.63, 3.8) is 0 Å². The molecular formula is C19H37N5O. The summed E-state index contributed by atoms with van der Waals surface area (Å²) in [5, 5.41) is 6.41. The number of hydrogen-bond acceptors (Lipinski definition) is 3. The number of aliphatic imine (C=N–C) groups is 1. The zero-order chi connectivity index (χ0) is 18.3. The van der Waals surface area contributed by atoms with Crippen LogP contribution in [0.2, 0.25) is 0 Å². The highest BCUT2D eigenvalue weighted by Gasteiger charge is 2.22. The fourth-order valence-corrected chi connectivity index (χ4v) is 3.72. The summed E-state index contributed by atoms with van der Waals surface area (Å²) < 4.78 is 0. The Balaban J connectivity index is 1.64. The maximum atomic E-state index is 12.0. The predicted octanol–water partition coefficient (Wildman–Crippen LogP) is 1.85. The van der Waals surface area contributed by atoms with Crippen LogP contribution in [0, 0.1) is 5.92 Å². The second-order valence-corrected chi connectivity index (χ2v) is 8.72. The Hall–Kier alpha value is -1.30.